The fourth-order valence-corrected chi connectivity index (χ4v) is 3.59. The number of aromatic nitrogens is 1. The molecule has 0 unspecified atom stereocenters. The number of ether oxygens (including phenoxy) is 1. The summed E-state index contributed by atoms with van der Waals surface area (Å²) in [4.78, 5) is 17.1. The summed E-state index contributed by atoms with van der Waals surface area (Å²) in [5.41, 5.74) is 5.46. The Balaban J connectivity index is 1.63. The van der Waals surface area contributed by atoms with Crippen molar-refractivity contribution in [2.45, 2.75) is 20.3 Å². The van der Waals surface area contributed by atoms with Crippen LogP contribution in [0.3, 0.4) is 0 Å². The van der Waals surface area contributed by atoms with Gasteiger partial charge >= 0.3 is 0 Å². The minimum absolute atomic E-state index is 0.247. The van der Waals surface area contributed by atoms with Crippen molar-refractivity contribution >= 4 is 22.5 Å². The van der Waals surface area contributed by atoms with Gasteiger partial charge in [-0.05, 0) is 65.3 Å². The number of aryl methyl sites for hydroxylation is 2. The SMILES string of the molecule is CCc1ccc(C)c(-c2ccc3cc(NC(=O)c4ccccc4OC)ncc3c2)c1. The van der Waals surface area contributed by atoms with Crippen molar-refractivity contribution in [3.8, 4) is 16.9 Å². The number of anilines is 1. The maximum Gasteiger partial charge on any atom is 0.260 e. The molecule has 0 aliphatic carbocycles. The molecule has 0 spiro atoms. The van der Waals surface area contributed by atoms with Crippen LogP contribution in [0.2, 0.25) is 0 Å². The molecule has 0 aliphatic rings. The van der Waals surface area contributed by atoms with Gasteiger partial charge in [0.1, 0.15) is 11.6 Å². The van der Waals surface area contributed by atoms with Crippen LogP contribution in [0.15, 0.2) is 72.9 Å². The predicted molar refractivity (Wildman–Crippen MR) is 122 cm³/mol. The van der Waals surface area contributed by atoms with Crippen LogP contribution >= 0.6 is 0 Å². The van der Waals surface area contributed by atoms with E-state index in [0.29, 0.717) is 17.1 Å². The molecule has 1 amide bonds. The molecular formula is C26H24N2O2. The Bertz CT molecular complexity index is 1230. The van der Waals surface area contributed by atoms with E-state index >= 15 is 0 Å². The molecule has 0 saturated carbocycles. The minimum atomic E-state index is -0.247. The van der Waals surface area contributed by atoms with Gasteiger partial charge in [0.15, 0.2) is 0 Å². The number of nitrogens with one attached hydrogen (secondary N) is 1. The Morgan fingerprint density at radius 3 is 2.63 bits per heavy atom. The number of carbonyl (C=O) groups excluding carboxylic acids is 1. The van der Waals surface area contributed by atoms with Crippen molar-refractivity contribution in [3.05, 3.63) is 89.6 Å². The summed E-state index contributed by atoms with van der Waals surface area (Å²) in [5.74, 6) is 0.795. The number of amides is 1. The Kier molecular flexibility index (Phi) is 5.48. The number of methoxy groups -OCH3 is 1. The van der Waals surface area contributed by atoms with Crippen LogP contribution in [0.1, 0.15) is 28.4 Å². The highest BCUT2D eigenvalue weighted by molar-refractivity contribution is 6.06. The van der Waals surface area contributed by atoms with Gasteiger partial charge in [-0.2, -0.15) is 0 Å². The fraction of sp³-hybridized carbons (Fsp3) is 0.154. The first-order valence-corrected chi connectivity index (χ1v) is 10.0. The summed E-state index contributed by atoms with van der Waals surface area (Å²) < 4.78 is 5.27. The van der Waals surface area contributed by atoms with Crippen molar-refractivity contribution in [1.82, 2.24) is 4.98 Å². The lowest BCUT2D eigenvalue weighted by atomic mass is 9.96. The molecule has 4 rings (SSSR count). The summed E-state index contributed by atoms with van der Waals surface area (Å²) in [7, 11) is 1.55. The number of para-hydroxylation sites is 1. The topological polar surface area (TPSA) is 51.2 Å². The highest BCUT2D eigenvalue weighted by Gasteiger charge is 2.13. The maximum absolute atomic E-state index is 12.6. The highest BCUT2D eigenvalue weighted by atomic mass is 16.5. The molecule has 0 saturated heterocycles. The first-order valence-electron chi connectivity index (χ1n) is 10.0. The van der Waals surface area contributed by atoms with E-state index in [-0.39, 0.29) is 5.91 Å². The quantitative estimate of drug-likeness (QED) is 0.448. The van der Waals surface area contributed by atoms with Crippen LogP contribution < -0.4 is 10.1 Å². The lowest BCUT2D eigenvalue weighted by molar-refractivity contribution is 0.102. The number of pyridine rings is 1. The van der Waals surface area contributed by atoms with Gasteiger partial charge in [0.25, 0.3) is 5.91 Å². The first kappa shape index (κ1) is 19.6. The molecule has 30 heavy (non-hydrogen) atoms. The molecule has 0 atom stereocenters. The minimum Gasteiger partial charge on any atom is -0.496 e. The zero-order chi connectivity index (χ0) is 21.1. The van der Waals surface area contributed by atoms with Crippen LogP contribution in [-0.4, -0.2) is 18.0 Å². The number of benzene rings is 3. The van der Waals surface area contributed by atoms with E-state index in [1.807, 2.05) is 18.2 Å². The number of rotatable bonds is 5. The van der Waals surface area contributed by atoms with Gasteiger partial charge in [0, 0.05) is 11.6 Å². The highest BCUT2D eigenvalue weighted by Crippen LogP contribution is 2.29. The van der Waals surface area contributed by atoms with E-state index < -0.39 is 0 Å². The Hall–Kier alpha value is -3.66. The van der Waals surface area contributed by atoms with E-state index in [0.717, 1.165) is 17.2 Å². The van der Waals surface area contributed by atoms with Gasteiger partial charge in [-0.3, -0.25) is 4.79 Å². The molecule has 4 aromatic rings. The number of hydrogen-bond acceptors (Lipinski definition) is 3. The molecule has 1 heterocycles. The molecule has 0 fully saturated rings. The van der Waals surface area contributed by atoms with E-state index in [4.69, 9.17) is 4.74 Å². The average Bonchev–Trinajstić information content (AvgIpc) is 2.79. The van der Waals surface area contributed by atoms with Gasteiger partial charge in [-0.1, -0.05) is 49.4 Å². The van der Waals surface area contributed by atoms with Crippen LogP contribution in [0.4, 0.5) is 5.82 Å². The third-order valence-corrected chi connectivity index (χ3v) is 5.34. The molecule has 4 nitrogen and oxygen atoms in total. The van der Waals surface area contributed by atoms with Gasteiger partial charge in [0.05, 0.1) is 12.7 Å². The molecule has 3 aromatic carbocycles. The Morgan fingerprint density at radius 2 is 1.83 bits per heavy atom. The first-order chi connectivity index (χ1) is 14.6. The Morgan fingerprint density at radius 1 is 1.00 bits per heavy atom. The maximum atomic E-state index is 12.6. The van der Waals surface area contributed by atoms with E-state index in [1.54, 1.807) is 25.4 Å². The molecule has 150 valence electrons. The van der Waals surface area contributed by atoms with Crippen LogP contribution in [0, 0.1) is 6.92 Å². The van der Waals surface area contributed by atoms with E-state index in [2.05, 4.69) is 60.5 Å². The van der Waals surface area contributed by atoms with Crippen molar-refractivity contribution in [3.63, 3.8) is 0 Å². The molecule has 1 aromatic heterocycles. The molecule has 0 aliphatic heterocycles. The predicted octanol–water partition coefficient (Wildman–Crippen LogP) is 6.03. The number of hydrogen-bond donors (Lipinski definition) is 1. The second-order valence-corrected chi connectivity index (χ2v) is 7.29. The lowest BCUT2D eigenvalue weighted by Crippen LogP contribution is -2.14. The monoisotopic (exact) mass is 396 g/mol. The lowest BCUT2D eigenvalue weighted by Gasteiger charge is -2.11. The summed E-state index contributed by atoms with van der Waals surface area (Å²) >= 11 is 0. The third-order valence-electron chi connectivity index (χ3n) is 5.34. The number of fused-ring (bicyclic) bond motifs is 1. The summed E-state index contributed by atoms with van der Waals surface area (Å²) in [6, 6.07) is 22.0. The smallest absolute Gasteiger partial charge is 0.260 e. The Labute approximate surface area is 176 Å². The fourth-order valence-electron chi connectivity index (χ4n) is 3.59. The van der Waals surface area contributed by atoms with Crippen LogP contribution in [0.25, 0.3) is 21.9 Å². The molecule has 0 bridgehead atoms. The largest absolute Gasteiger partial charge is 0.496 e. The van der Waals surface area contributed by atoms with Gasteiger partial charge < -0.3 is 10.1 Å². The van der Waals surface area contributed by atoms with Crippen LogP contribution in [-0.2, 0) is 6.42 Å². The summed E-state index contributed by atoms with van der Waals surface area (Å²) in [5, 5.41) is 4.92. The van der Waals surface area contributed by atoms with Gasteiger partial charge in [0.2, 0.25) is 0 Å². The average molecular weight is 396 g/mol. The number of nitrogens with zero attached hydrogens (tertiary/aromatic N) is 1. The van der Waals surface area contributed by atoms with Crippen molar-refractivity contribution in [2.75, 3.05) is 12.4 Å². The van der Waals surface area contributed by atoms with Gasteiger partial charge in [-0.15, -0.1) is 0 Å². The van der Waals surface area contributed by atoms with Crippen molar-refractivity contribution in [1.29, 1.82) is 0 Å². The molecule has 0 radical (unpaired) electrons. The molecule has 4 heteroatoms. The number of carbonyl (C=O) groups is 1. The standard InChI is InChI=1S/C26H24N2O2/c1-4-18-10-9-17(2)23(13-18)20-12-11-19-15-25(27-16-21(19)14-20)28-26(29)22-7-5-6-8-24(22)30-3/h5-16H,4H2,1-3H3,(H,27,28,29). The second kappa shape index (κ2) is 8.37. The summed E-state index contributed by atoms with van der Waals surface area (Å²) in [6.07, 6.45) is 2.81. The normalized spacial score (nSPS) is 10.8. The van der Waals surface area contributed by atoms with Crippen LogP contribution in [0.5, 0.6) is 5.75 Å². The zero-order valence-corrected chi connectivity index (χ0v) is 17.4. The molecular weight excluding hydrogens is 372 g/mol. The zero-order valence-electron chi connectivity index (χ0n) is 17.4. The third kappa shape index (κ3) is 3.90. The van der Waals surface area contributed by atoms with Crippen molar-refractivity contribution < 1.29 is 9.53 Å². The molecule has 1 N–H and O–H groups in total. The second-order valence-electron chi connectivity index (χ2n) is 7.29. The van der Waals surface area contributed by atoms with E-state index in [9.17, 15) is 4.79 Å². The van der Waals surface area contributed by atoms with E-state index in [1.165, 1.54) is 22.3 Å². The van der Waals surface area contributed by atoms with Crippen molar-refractivity contribution in [2.24, 2.45) is 0 Å². The summed E-state index contributed by atoms with van der Waals surface area (Å²) in [6.45, 7) is 4.30. The van der Waals surface area contributed by atoms with Gasteiger partial charge in [-0.25, -0.2) is 4.98 Å².